The molecule has 0 saturated heterocycles. The van der Waals surface area contributed by atoms with Crippen molar-refractivity contribution < 1.29 is 14.2 Å². The quantitative estimate of drug-likeness (QED) is 0.727. The van der Waals surface area contributed by atoms with Gasteiger partial charge in [0.2, 0.25) is 5.75 Å². The topological polar surface area (TPSA) is 27.7 Å². The Hall–Kier alpha value is -1.16. The minimum absolute atomic E-state index is 0.665. The fourth-order valence-electron chi connectivity index (χ4n) is 1.43. The number of rotatable bonds is 4. The molecule has 0 bridgehead atoms. The van der Waals surface area contributed by atoms with Crippen molar-refractivity contribution in [1.82, 2.24) is 0 Å². The van der Waals surface area contributed by atoms with Crippen LogP contribution in [0.4, 0.5) is 0 Å². The molecular formula is C11H18O3Si. The lowest BCUT2D eigenvalue weighted by molar-refractivity contribution is 0.325. The van der Waals surface area contributed by atoms with Crippen molar-refractivity contribution in [1.29, 1.82) is 0 Å². The zero-order chi connectivity index (χ0) is 11.4. The van der Waals surface area contributed by atoms with E-state index in [0.29, 0.717) is 5.75 Å². The number of ether oxygens (including phenoxy) is 3. The van der Waals surface area contributed by atoms with E-state index in [-0.39, 0.29) is 0 Å². The molecule has 84 valence electrons. The molecule has 0 aliphatic rings. The summed E-state index contributed by atoms with van der Waals surface area (Å²) in [4.78, 5) is 0. The fraction of sp³-hybridized carbons (Fsp3) is 0.455. The third-order valence-corrected chi connectivity index (χ3v) is 4.02. The molecule has 0 spiro atoms. The van der Waals surface area contributed by atoms with E-state index in [4.69, 9.17) is 14.2 Å². The van der Waals surface area contributed by atoms with Crippen LogP contribution >= 0.6 is 0 Å². The second kappa shape index (κ2) is 5.07. The Bertz CT molecular complexity index is 312. The van der Waals surface area contributed by atoms with Crippen molar-refractivity contribution in [2.24, 2.45) is 0 Å². The predicted octanol–water partition coefficient (Wildman–Crippen LogP) is 1.41. The molecule has 0 fully saturated rings. The number of benzene rings is 1. The van der Waals surface area contributed by atoms with Gasteiger partial charge in [0.05, 0.1) is 30.1 Å². The van der Waals surface area contributed by atoms with E-state index in [1.54, 1.807) is 21.3 Å². The fourth-order valence-corrected chi connectivity index (χ4v) is 2.40. The first-order chi connectivity index (χ1) is 7.13. The molecule has 3 nitrogen and oxygen atoms in total. The molecular weight excluding hydrogens is 208 g/mol. The Balaban J connectivity index is 3.29. The van der Waals surface area contributed by atoms with Gasteiger partial charge in [-0.2, -0.15) is 0 Å². The summed E-state index contributed by atoms with van der Waals surface area (Å²) in [5, 5.41) is 1.31. The third-order valence-electron chi connectivity index (χ3n) is 2.35. The average molecular weight is 226 g/mol. The van der Waals surface area contributed by atoms with E-state index in [2.05, 4.69) is 13.1 Å². The molecule has 0 saturated carbocycles. The van der Waals surface area contributed by atoms with Gasteiger partial charge in [0.15, 0.2) is 11.5 Å². The number of methoxy groups -OCH3 is 3. The van der Waals surface area contributed by atoms with E-state index in [1.165, 1.54) is 5.19 Å². The van der Waals surface area contributed by atoms with Crippen LogP contribution in [0.2, 0.25) is 13.1 Å². The van der Waals surface area contributed by atoms with Gasteiger partial charge in [0, 0.05) is 0 Å². The average Bonchev–Trinajstić information content (AvgIpc) is 2.26. The smallest absolute Gasteiger partial charge is 0.203 e. The predicted molar refractivity (Wildman–Crippen MR) is 64.6 cm³/mol. The van der Waals surface area contributed by atoms with Crippen LogP contribution in [0.25, 0.3) is 0 Å². The zero-order valence-electron chi connectivity index (χ0n) is 9.96. The first-order valence-electron chi connectivity index (χ1n) is 4.94. The van der Waals surface area contributed by atoms with Crippen molar-refractivity contribution in [3.8, 4) is 17.2 Å². The standard InChI is InChI=1S/C11H18O3Si/c1-12-9-6-8(15(4)5)7-10(13-2)11(9)14-3/h6-7,15H,1-5H3. The Morgan fingerprint density at radius 3 is 1.60 bits per heavy atom. The normalized spacial score (nSPS) is 10.3. The lowest BCUT2D eigenvalue weighted by Gasteiger charge is -2.15. The Morgan fingerprint density at radius 1 is 0.867 bits per heavy atom. The highest BCUT2D eigenvalue weighted by atomic mass is 28.3. The molecule has 1 rings (SSSR count). The van der Waals surface area contributed by atoms with Gasteiger partial charge in [-0.05, 0) is 12.1 Å². The van der Waals surface area contributed by atoms with Gasteiger partial charge < -0.3 is 14.2 Å². The molecule has 15 heavy (non-hydrogen) atoms. The van der Waals surface area contributed by atoms with Gasteiger partial charge in [-0.15, -0.1) is 0 Å². The van der Waals surface area contributed by atoms with Gasteiger partial charge in [-0.25, -0.2) is 0 Å². The minimum atomic E-state index is -0.860. The van der Waals surface area contributed by atoms with Crippen LogP contribution in [0.15, 0.2) is 12.1 Å². The molecule has 0 heterocycles. The van der Waals surface area contributed by atoms with Gasteiger partial charge in [0.25, 0.3) is 0 Å². The Labute approximate surface area is 92.6 Å². The summed E-state index contributed by atoms with van der Waals surface area (Å²) in [6.07, 6.45) is 0. The monoisotopic (exact) mass is 226 g/mol. The molecule has 0 aliphatic carbocycles. The van der Waals surface area contributed by atoms with Crippen LogP contribution in [0.3, 0.4) is 0 Å². The van der Waals surface area contributed by atoms with Gasteiger partial charge in [-0.1, -0.05) is 18.3 Å². The number of hydrogen-bond acceptors (Lipinski definition) is 3. The molecule has 0 N–H and O–H groups in total. The SMILES string of the molecule is COc1cc([SiH](C)C)cc(OC)c1OC. The van der Waals surface area contributed by atoms with Crippen LogP contribution in [0, 0.1) is 0 Å². The molecule has 0 aliphatic heterocycles. The Morgan fingerprint density at radius 2 is 1.33 bits per heavy atom. The first-order valence-corrected chi connectivity index (χ1v) is 7.82. The summed E-state index contributed by atoms with van der Waals surface area (Å²) < 4.78 is 15.8. The highest BCUT2D eigenvalue weighted by Gasteiger charge is 2.14. The maximum absolute atomic E-state index is 5.29. The summed E-state index contributed by atoms with van der Waals surface area (Å²) in [7, 11) is 4.04. The summed E-state index contributed by atoms with van der Waals surface area (Å²) in [5.74, 6) is 2.15. The maximum atomic E-state index is 5.29. The molecule has 0 amide bonds. The van der Waals surface area contributed by atoms with Crippen LogP contribution in [-0.2, 0) is 0 Å². The van der Waals surface area contributed by atoms with Crippen molar-refractivity contribution in [3.05, 3.63) is 12.1 Å². The van der Waals surface area contributed by atoms with Crippen molar-refractivity contribution in [2.75, 3.05) is 21.3 Å². The van der Waals surface area contributed by atoms with E-state index in [1.807, 2.05) is 12.1 Å². The highest BCUT2D eigenvalue weighted by Crippen LogP contribution is 2.35. The number of hydrogen-bond donors (Lipinski definition) is 0. The molecule has 1 aromatic carbocycles. The van der Waals surface area contributed by atoms with Crippen molar-refractivity contribution >= 4 is 14.0 Å². The van der Waals surface area contributed by atoms with Crippen molar-refractivity contribution in [2.45, 2.75) is 13.1 Å². The van der Waals surface area contributed by atoms with Crippen LogP contribution in [0.1, 0.15) is 0 Å². The molecule has 4 heteroatoms. The van der Waals surface area contributed by atoms with Crippen LogP contribution in [0.5, 0.6) is 17.2 Å². The lowest BCUT2D eigenvalue weighted by Crippen LogP contribution is -2.22. The zero-order valence-corrected chi connectivity index (χ0v) is 11.1. The highest BCUT2D eigenvalue weighted by molar-refractivity contribution is 6.70. The van der Waals surface area contributed by atoms with E-state index >= 15 is 0 Å². The molecule has 0 unspecified atom stereocenters. The Kier molecular flexibility index (Phi) is 4.02. The largest absolute Gasteiger partial charge is 0.493 e. The lowest BCUT2D eigenvalue weighted by atomic mass is 10.3. The van der Waals surface area contributed by atoms with E-state index in [9.17, 15) is 0 Å². The van der Waals surface area contributed by atoms with Gasteiger partial charge in [-0.3, -0.25) is 0 Å². The van der Waals surface area contributed by atoms with Gasteiger partial charge >= 0.3 is 0 Å². The maximum Gasteiger partial charge on any atom is 0.203 e. The molecule has 0 radical (unpaired) electrons. The molecule has 0 atom stereocenters. The second-order valence-electron chi connectivity index (χ2n) is 3.61. The first kappa shape index (κ1) is 11.9. The summed E-state index contributed by atoms with van der Waals surface area (Å²) in [6, 6.07) is 4.08. The summed E-state index contributed by atoms with van der Waals surface area (Å²) >= 11 is 0. The van der Waals surface area contributed by atoms with Crippen molar-refractivity contribution in [3.63, 3.8) is 0 Å². The van der Waals surface area contributed by atoms with Gasteiger partial charge in [0.1, 0.15) is 0 Å². The molecule has 1 aromatic rings. The van der Waals surface area contributed by atoms with Crippen LogP contribution in [-0.4, -0.2) is 30.1 Å². The summed E-state index contributed by atoms with van der Waals surface area (Å²) in [6.45, 7) is 4.53. The molecule has 0 aromatic heterocycles. The van der Waals surface area contributed by atoms with E-state index in [0.717, 1.165) is 11.5 Å². The minimum Gasteiger partial charge on any atom is -0.493 e. The summed E-state index contributed by atoms with van der Waals surface area (Å²) in [5.41, 5.74) is 0. The van der Waals surface area contributed by atoms with Crippen LogP contribution < -0.4 is 19.4 Å². The van der Waals surface area contributed by atoms with E-state index < -0.39 is 8.80 Å². The second-order valence-corrected chi connectivity index (χ2v) is 6.59. The third kappa shape index (κ3) is 2.44.